The van der Waals surface area contributed by atoms with E-state index < -0.39 is 0 Å². The van der Waals surface area contributed by atoms with Gasteiger partial charge in [0.15, 0.2) is 0 Å². The Hall–Kier alpha value is -2.38. The van der Waals surface area contributed by atoms with Crippen LogP contribution in [0.2, 0.25) is 0 Å². The molecular weight excluding hydrogens is 466 g/mol. The second kappa shape index (κ2) is 9.63. The smallest absolute Gasteiger partial charge is 0.253 e. The van der Waals surface area contributed by atoms with E-state index in [1.54, 1.807) is 0 Å². The van der Waals surface area contributed by atoms with Gasteiger partial charge in [-0.1, -0.05) is 15.9 Å². The van der Waals surface area contributed by atoms with Crippen molar-refractivity contribution in [2.75, 3.05) is 24.7 Å². The number of aromatic nitrogens is 2. The molecule has 1 saturated carbocycles. The van der Waals surface area contributed by atoms with Crippen molar-refractivity contribution in [2.45, 2.75) is 58.2 Å². The average Bonchev–Trinajstić information content (AvgIpc) is 2.73. The maximum Gasteiger partial charge on any atom is 0.253 e. The van der Waals surface area contributed by atoms with Crippen molar-refractivity contribution >= 4 is 38.2 Å². The number of rotatable bonds is 6. The Morgan fingerprint density at radius 3 is 2.56 bits per heavy atom. The van der Waals surface area contributed by atoms with Crippen LogP contribution in [0.1, 0.15) is 42.5 Å². The van der Waals surface area contributed by atoms with Gasteiger partial charge in [0.25, 0.3) is 5.56 Å². The highest BCUT2D eigenvalue weighted by Crippen LogP contribution is 2.34. The zero-order chi connectivity index (χ0) is 22.8. The minimum Gasteiger partial charge on any atom is -0.382 e. The third-order valence-corrected chi connectivity index (χ3v) is 7.02. The molecular formula is C25H32BrN5O. The van der Waals surface area contributed by atoms with E-state index in [-0.39, 0.29) is 5.56 Å². The highest BCUT2D eigenvalue weighted by molar-refractivity contribution is 9.10. The van der Waals surface area contributed by atoms with Crippen molar-refractivity contribution in [3.63, 3.8) is 0 Å². The van der Waals surface area contributed by atoms with Crippen LogP contribution in [0.25, 0.3) is 10.8 Å². The van der Waals surface area contributed by atoms with Gasteiger partial charge in [0.05, 0.1) is 0 Å². The van der Waals surface area contributed by atoms with Gasteiger partial charge in [-0.15, -0.1) is 0 Å². The lowest BCUT2D eigenvalue weighted by atomic mass is 9.90. The zero-order valence-corrected chi connectivity index (χ0v) is 20.8. The number of H-pyrrole nitrogens is 1. The lowest BCUT2D eigenvalue weighted by Crippen LogP contribution is -2.36. The number of anilines is 2. The molecule has 7 heteroatoms. The fourth-order valence-corrected chi connectivity index (χ4v) is 5.20. The summed E-state index contributed by atoms with van der Waals surface area (Å²) in [4.78, 5) is 22.2. The minimum atomic E-state index is -0.0490. The first kappa shape index (κ1) is 22.8. The molecule has 1 fully saturated rings. The van der Waals surface area contributed by atoms with Crippen LogP contribution in [-0.2, 0) is 6.54 Å². The van der Waals surface area contributed by atoms with Gasteiger partial charge in [0.2, 0.25) is 0 Å². The van der Waals surface area contributed by atoms with Crippen LogP contribution in [-0.4, -0.2) is 41.0 Å². The molecule has 3 N–H and O–H groups in total. The number of fused-ring (bicyclic) bond motifs is 1. The van der Waals surface area contributed by atoms with E-state index in [9.17, 15) is 4.79 Å². The van der Waals surface area contributed by atoms with E-state index >= 15 is 0 Å². The quantitative estimate of drug-likeness (QED) is 0.436. The molecule has 32 heavy (non-hydrogen) atoms. The van der Waals surface area contributed by atoms with Gasteiger partial charge in [-0.2, -0.15) is 0 Å². The van der Waals surface area contributed by atoms with Crippen molar-refractivity contribution in [1.82, 2.24) is 14.9 Å². The molecule has 1 aliphatic rings. The number of hydrogen-bond acceptors (Lipinski definition) is 5. The van der Waals surface area contributed by atoms with Gasteiger partial charge in [0.1, 0.15) is 5.82 Å². The van der Waals surface area contributed by atoms with Crippen LogP contribution in [0.4, 0.5) is 11.5 Å². The highest BCUT2D eigenvalue weighted by atomic mass is 79.9. The lowest BCUT2D eigenvalue weighted by molar-refractivity contribution is 0.221. The molecule has 0 saturated heterocycles. The summed E-state index contributed by atoms with van der Waals surface area (Å²) in [6.45, 7) is 4.30. The second-order valence-electron chi connectivity index (χ2n) is 9.12. The van der Waals surface area contributed by atoms with E-state index in [4.69, 9.17) is 0 Å². The molecule has 0 radical (unpaired) electrons. The number of nitrogens with one attached hydrogen (secondary N) is 3. The summed E-state index contributed by atoms with van der Waals surface area (Å²) in [5.41, 5.74) is 3.67. The predicted molar refractivity (Wildman–Crippen MR) is 137 cm³/mol. The molecule has 0 atom stereocenters. The third-order valence-electron chi connectivity index (χ3n) is 6.56. The van der Waals surface area contributed by atoms with Crippen LogP contribution >= 0.6 is 15.9 Å². The molecule has 0 amide bonds. The van der Waals surface area contributed by atoms with Gasteiger partial charge in [-0.3, -0.25) is 4.79 Å². The van der Waals surface area contributed by atoms with Crippen molar-refractivity contribution < 1.29 is 0 Å². The summed E-state index contributed by atoms with van der Waals surface area (Å²) < 4.78 is 1.01. The molecule has 0 unspecified atom stereocenters. The monoisotopic (exact) mass is 497 g/mol. The van der Waals surface area contributed by atoms with Gasteiger partial charge < -0.3 is 20.5 Å². The first-order valence-electron chi connectivity index (χ1n) is 11.3. The standard InChI is InChI=1S/C25H32BrN5O/c1-15-11-16(2)29-25(32)22(15)14-28-24-21-12-17(26)13-23(20(21)9-10-27-24)30-18-5-7-19(8-6-18)31(3)4/h9-13,18-19,30H,5-8,14H2,1-4H3,(H,27,28)(H,29,32). The largest absolute Gasteiger partial charge is 0.382 e. The third kappa shape index (κ3) is 4.99. The Bertz CT molecular complexity index is 1160. The maximum atomic E-state index is 12.4. The van der Waals surface area contributed by atoms with Gasteiger partial charge in [-0.05, 0) is 83.5 Å². The molecule has 4 rings (SSSR count). The number of benzene rings is 1. The number of halogens is 1. The fraction of sp³-hybridized carbons (Fsp3) is 0.440. The van der Waals surface area contributed by atoms with Crippen LogP contribution in [0.5, 0.6) is 0 Å². The van der Waals surface area contributed by atoms with E-state index in [0.717, 1.165) is 43.6 Å². The molecule has 2 heterocycles. The molecule has 1 aliphatic carbocycles. The van der Waals surface area contributed by atoms with Crippen molar-refractivity contribution in [2.24, 2.45) is 0 Å². The number of aromatic amines is 1. The van der Waals surface area contributed by atoms with Gasteiger partial charge >= 0.3 is 0 Å². The summed E-state index contributed by atoms with van der Waals surface area (Å²) in [6, 6.07) is 9.45. The topological polar surface area (TPSA) is 73.1 Å². The average molecular weight is 498 g/mol. The molecule has 3 aromatic rings. The Kier molecular flexibility index (Phi) is 6.86. The molecule has 0 spiro atoms. The first-order valence-corrected chi connectivity index (χ1v) is 12.1. The Morgan fingerprint density at radius 2 is 1.88 bits per heavy atom. The van der Waals surface area contributed by atoms with Crippen molar-refractivity contribution in [3.05, 3.63) is 62.1 Å². The summed E-state index contributed by atoms with van der Waals surface area (Å²) >= 11 is 3.68. The molecule has 0 aliphatic heterocycles. The molecule has 0 bridgehead atoms. The van der Waals surface area contributed by atoms with Crippen molar-refractivity contribution in [1.29, 1.82) is 0 Å². The summed E-state index contributed by atoms with van der Waals surface area (Å²) in [7, 11) is 4.35. The summed E-state index contributed by atoms with van der Waals surface area (Å²) in [5, 5.41) is 9.36. The van der Waals surface area contributed by atoms with Crippen LogP contribution in [0.15, 0.2) is 39.7 Å². The second-order valence-corrected chi connectivity index (χ2v) is 10.0. The van der Waals surface area contributed by atoms with Crippen LogP contribution in [0, 0.1) is 13.8 Å². The minimum absolute atomic E-state index is 0.0490. The Morgan fingerprint density at radius 1 is 1.12 bits per heavy atom. The Labute approximate surface area is 198 Å². The highest BCUT2D eigenvalue weighted by Gasteiger charge is 2.23. The van der Waals surface area contributed by atoms with E-state index in [1.807, 2.05) is 26.1 Å². The van der Waals surface area contributed by atoms with E-state index in [2.05, 4.69) is 73.7 Å². The van der Waals surface area contributed by atoms with Gasteiger partial charge in [0, 0.05) is 57.0 Å². The van der Waals surface area contributed by atoms with Crippen molar-refractivity contribution in [3.8, 4) is 0 Å². The summed E-state index contributed by atoms with van der Waals surface area (Å²) in [5.74, 6) is 0.780. The number of pyridine rings is 2. The van der Waals surface area contributed by atoms with E-state index in [0.29, 0.717) is 18.6 Å². The zero-order valence-electron chi connectivity index (χ0n) is 19.3. The van der Waals surface area contributed by atoms with Crippen LogP contribution < -0.4 is 16.2 Å². The number of hydrogen-bond donors (Lipinski definition) is 3. The molecule has 6 nitrogen and oxygen atoms in total. The van der Waals surface area contributed by atoms with Crippen LogP contribution in [0.3, 0.4) is 0 Å². The number of nitrogens with zero attached hydrogens (tertiary/aromatic N) is 2. The SMILES string of the molecule is Cc1cc(C)c(CNc2nccc3c(NC4CCC(N(C)C)CC4)cc(Br)cc23)c(=O)[nH]1. The maximum absolute atomic E-state index is 12.4. The fourth-order valence-electron chi connectivity index (χ4n) is 4.74. The number of aryl methyl sites for hydroxylation is 2. The summed E-state index contributed by atoms with van der Waals surface area (Å²) in [6.07, 6.45) is 6.61. The molecule has 1 aromatic carbocycles. The van der Waals surface area contributed by atoms with Gasteiger partial charge in [-0.25, -0.2) is 4.98 Å². The molecule has 2 aromatic heterocycles. The molecule has 170 valence electrons. The normalized spacial score (nSPS) is 18.8. The first-order chi connectivity index (χ1) is 15.3. The predicted octanol–water partition coefficient (Wildman–Crippen LogP) is 5.20. The Balaban J connectivity index is 1.57. The van der Waals surface area contributed by atoms with E-state index in [1.165, 1.54) is 25.7 Å². The lowest BCUT2D eigenvalue weighted by Gasteiger charge is -2.33.